The van der Waals surface area contributed by atoms with E-state index in [1.165, 1.54) is 11.1 Å². The summed E-state index contributed by atoms with van der Waals surface area (Å²) < 4.78 is 0. The number of nitrogens with two attached hydrogens (primary N) is 1. The molecule has 2 nitrogen and oxygen atoms in total. The van der Waals surface area contributed by atoms with Gasteiger partial charge >= 0.3 is 0 Å². The summed E-state index contributed by atoms with van der Waals surface area (Å²) in [6.07, 6.45) is 0. The van der Waals surface area contributed by atoms with Gasteiger partial charge < -0.3 is 11.1 Å². The molecule has 0 amide bonds. The Kier molecular flexibility index (Phi) is 4.46. The number of aryl methyl sites for hydroxylation is 2. The molecule has 3 N–H and O–H groups in total. The summed E-state index contributed by atoms with van der Waals surface area (Å²) in [7, 11) is 0. The number of hydrogen-bond donors (Lipinski definition) is 2. The Balaban J connectivity index is 2.23. The first-order valence-corrected chi connectivity index (χ1v) is 6.76. The van der Waals surface area contributed by atoms with Crippen molar-refractivity contribution in [3.05, 3.63) is 64.2 Å². The molecule has 0 heterocycles. The lowest BCUT2D eigenvalue weighted by molar-refractivity contribution is 0.790. The molecule has 2 aromatic carbocycles. The van der Waals surface area contributed by atoms with Crippen molar-refractivity contribution >= 4 is 17.3 Å². The van der Waals surface area contributed by atoms with Gasteiger partial charge in [-0.15, -0.1) is 0 Å². The summed E-state index contributed by atoms with van der Waals surface area (Å²) in [5.74, 6) is 0. The molecule has 19 heavy (non-hydrogen) atoms. The molecule has 2 aromatic rings. The Labute approximate surface area is 119 Å². The highest BCUT2D eigenvalue weighted by Crippen LogP contribution is 2.23. The first kappa shape index (κ1) is 13.9. The molecule has 100 valence electrons. The van der Waals surface area contributed by atoms with E-state index in [9.17, 15) is 0 Å². The van der Waals surface area contributed by atoms with Gasteiger partial charge in [0, 0.05) is 17.3 Å². The van der Waals surface area contributed by atoms with Crippen LogP contribution in [0.5, 0.6) is 0 Å². The van der Waals surface area contributed by atoms with E-state index < -0.39 is 0 Å². The highest BCUT2D eigenvalue weighted by molar-refractivity contribution is 6.30. The third kappa shape index (κ3) is 3.72. The Bertz CT molecular complexity index is 546. The van der Waals surface area contributed by atoms with Crippen molar-refractivity contribution in [1.29, 1.82) is 0 Å². The average molecular weight is 275 g/mol. The summed E-state index contributed by atoms with van der Waals surface area (Å²) >= 11 is 6.03. The Morgan fingerprint density at radius 2 is 1.79 bits per heavy atom. The van der Waals surface area contributed by atoms with Gasteiger partial charge in [0.2, 0.25) is 0 Å². The molecule has 0 spiro atoms. The largest absolute Gasteiger partial charge is 0.377 e. The van der Waals surface area contributed by atoms with Crippen molar-refractivity contribution in [2.24, 2.45) is 5.73 Å². The van der Waals surface area contributed by atoms with Crippen molar-refractivity contribution in [1.82, 2.24) is 0 Å². The first-order chi connectivity index (χ1) is 9.08. The van der Waals surface area contributed by atoms with Crippen LogP contribution in [-0.4, -0.2) is 6.54 Å². The van der Waals surface area contributed by atoms with Gasteiger partial charge in [-0.05, 0) is 54.8 Å². The van der Waals surface area contributed by atoms with Crippen molar-refractivity contribution in [3.63, 3.8) is 0 Å². The summed E-state index contributed by atoms with van der Waals surface area (Å²) in [6, 6.07) is 14.3. The van der Waals surface area contributed by atoms with E-state index >= 15 is 0 Å². The van der Waals surface area contributed by atoms with Crippen molar-refractivity contribution < 1.29 is 0 Å². The standard InChI is InChI=1S/C16H19ClN2/c1-11-6-12(2)8-15(7-11)19-16(10-18)13-4-3-5-14(17)9-13/h3-9,16,19H,10,18H2,1-2H3. The third-order valence-electron chi connectivity index (χ3n) is 3.05. The number of rotatable bonds is 4. The van der Waals surface area contributed by atoms with E-state index in [1.54, 1.807) is 0 Å². The quantitative estimate of drug-likeness (QED) is 0.882. The predicted octanol–water partition coefficient (Wildman–Crippen LogP) is 4.07. The molecular weight excluding hydrogens is 256 g/mol. The van der Waals surface area contributed by atoms with E-state index in [-0.39, 0.29) is 6.04 Å². The van der Waals surface area contributed by atoms with Crippen LogP contribution in [0.1, 0.15) is 22.7 Å². The zero-order chi connectivity index (χ0) is 13.8. The molecule has 0 aliphatic carbocycles. The molecule has 0 aliphatic heterocycles. The van der Waals surface area contributed by atoms with Gasteiger partial charge in [0.1, 0.15) is 0 Å². The lowest BCUT2D eigenvalue weighted by atomic mass is 10.1. The van der Waals surface area contributed by atoms with Crippen LogP contribution in [0.2, 0.25) is 5.02 Å². The molecule has 0 saturated carbocycles. The maximum atomic E-state index is 6.03. The number of anilines is 1. The molecule has 1 atom stereocenters. The van der Waals surface area contributed by atoms with Crippen molar-refractivity contribution in [2.45, 2.75) is 19.9 Å². The zero-order valence-electron chi connectivity index (χ0n) is 11.3. The molecule has 0 saturated heterocycles. The van der Waals surface area contributed by atoms with Gasteiger partial charge in [-0.2, -0.15) is 0 Å². The fourth-order valence-corrected chi connectivity index (χ4v) is 2.46. The van der Waals surface area contributed by atoms with E-state index in [2.05, 4.69) is 37.4 Å². The number of hydrogen-bond acceptors (Lipinski definition) is 2. The first-order valence-electron chi connectivity index (χ1n) is 6.39. The van der Waals surface area contributed by atoms with Crippen molar-refractivity contribution in [3.8, 4) is 0 Å². The third-order valence-corrected chi connectivity index (χ3v) is 3.28. The maximum absolute atomic E-state index is 6.03. The van der Waals surface area contributed by atoms with Gasteiger partial charge in [0.05, 0.1) is 6.04 Å². The number of nitrogens with one attached hydrogen (secondary N) is 1. The minimum atomic E-state index is 0.0694. The maximum Gasteiger partial charge on any atom is 0.0636 e. The monoisotopic (exact) mass is 274 g/mol. The van der Waals surface area contributed by atoms with Gasteiger partial charge in [-0.25, -0.2) is 0 Å². The van der Waals surface area contributed by atoms with Gasteiger partial charge in [0.25, 0.3) is 0 Å². The van der Waals surface area contributed by atoms with E-state index in [0.717, 1.165) is 16.3 Å². The summed E-state index contributed by atoms with van der Waals surface area (Å²) in [5.41, 5.74) is 10.5. The molecular formula is C16H19ClN2. The zero-order valence-corrected chi connectivity index (χ0v) is 12.0. The molecule has 0 radical (unpaired) electrons. The predicted molar refractivity (Wildman–Crippen MR) is 82.8 cm³/mol. The van der Waals surface area contributed by atoms with Crippen LogP contribution in [0.25, 0.3) is 0 Å². The lowest BCUT2D eigenvalue weighted by Crippen LogP contribution is -2.20. The summed E-state index contributed by atoms with van der Waals surface area (Å²) in [5, 5.41) is 4.20. The fraction of sp³-hybridized carbons (Fsp3) is 0.250. The van der Waals surface area contributed by atoms with Crippen LogP contribution < -0.4 is 11.1 Å². The second kappa shape index (κ2) is 6.09. The topological polar surface area (TPSA) is 38.0 Å². The number of benzene rings is 2. The van der Waals surface area contributed by atoms with Crippen LogP contribution in [0.4, 0.5) is 5.69 Å². The Hall–Kier alpha value is -1.51. The SMILES string of the molecule is Cc1cc(C)cc(NC(CN)c2cccc(Cl)c2)c1. The van der Waals surface area contributed by atoms with Crippen LogP contribution >= 0.6 is 11.6 Å². The minimum Gasteiger partial charge on any atom is -0.377 e. The van der Waals surface area contributed by atoms with Crippen molar-refractivity contribution in [2.75, 3.05) is 11.9 Å². The molecule has 2 rings (SSSR count). The minimum absolute atomic E-state index is 0.0694. The van der Waals surface area contributed by atoms with Crippen LogP contribution in [0.15, 0.2) is 42.5 Å². The highest BCUT2D eigenvalue weighted by atomic mass is 35.5. The summed E-state index contributed by atoms with van der Waals surface area (Å²) in [6.45, 7) is 4.71. The number of halogens is 1. The van der Waals surface area contributed by atoms with Gasteiger partial charge in [-0.3, -0.25) is 0 Å². The molecule has 0 fully saturated rings. The molecule has 0 aromatic heterocycles. The second-order valence-corrected chi connectivity index (χ2v) is 5.30. The fourth-order valence-electron chi connectivity index (χ4n) is 2.26. The van der Waals surface area contributed by atoms with Crippen LogP contribution in [0, 0.1) is 13.8 Å². The highest BCUT2D eigenvalue weighted by Gasteiger charge is 2.10. The van der Waals surface area contributed by atoms with Gasteiger partial charge in [0.15, 0.2) is 0 Å². The normalized spacial score (nSPS) is 12.2. The Morgan fingerprint density at radius 3 is 2.37 bits per heavy atom. The lowest BCUT2D eigenvalue weighted by Gasteiger charge is -2.19. The molecule has 3 heteroatoms. The van der Waals surface area contributed by atoms with E-state index in [4.69, 9.17) is 17.3 Å². The van der Waals surface area contributed by atoms with E-state index in [0.29, 0.717) is 6.54 Å². The molecule has 0 aliphatic rings. The second-order valence-electron chi connectivity index (χ2n) is 4.86. The molecule has 1 unspecified atom stereocenters. The Morgan fingerprint density at radius 1 is 1.11 bits per heavy atom. The molecule has 0 bridgehead atoms. The average Bonchev–Trinajstić information content (AvgIpc) is 2.34. The smallest absolute Gasteiger partial charge is 0.0636 e. The van der Waals surface area contributed by atoms with Gasteiger partial charge in [-0.1, -0.05) is 29.8 Å². The van der Waals surface area contributed by atoms with E-state index in [1.807, 2.05) is 24.3 Å². The summed E-state index contributed by atoms with van der Waals surface area (Å²) in [4.78, 5) is 0. The van der Waals surface area contributed by atoms with Crippen LogP contribution in [-0.2, 0) is 0 Å². The van der Waals surface area contributed by atoms with Crippen LogP contribution in [0.3, 0.4) is 0 Å².